The Morgan fingerprint density at radius 3 is 2.44 bits per heavy atom. The van der Waals surface area contributed by atoms with Crippen molar-refractivity contribution in [3.63, 3.8) is 0 Å². The van der Waals surface area contributed by atoms with E-state index in [2.05, 4.69) is 41.6 Å². The number of anilines is 1. The molecule has 0 saturated carbocycles. The summed E-state index contributed by atoms with van der Waals surface area (Å²) in [5, 5.41) is 5.70. The summed E-state index contributed by atoms with van der Waals surface area (Å²) in [6, 6.07) is 9.83. The van der Waals surface area contributed by atoms with E-state index >= 15 is 0 Å². The summed E-state index contributed by atoms with van der Waals surface area (Å²) in [5.74, 6) is 0. The first kappa shape index (κ1) is 17.7. The minimum atomic E-state index is -4.37. The number of nitrogens with one attached hydrogen (secondary N) is 2. The highest BCUT2D eigenvalue weighted by Crippen LogP contribution is 2.40. The first-order valence-electron chi connectivity index (χ1n) is 8.28. The van der Waals surface area contributed by atoms with Crippen molar-refractivity contribution in [2.24, 2.45) is 0 Å². The lowest BCUT2D eigenvalue weighted by atomic mass is 9.83. The van der Waals surface area contributed by atoms with Crippen LogP contribution < -0.4 is 10.6 Å². The zero-order valence-electron chi connectivity index (χ0n) is 14.5. The van der Waals surface area contributed by atoms with Crippen LogP contribution in [-0.2, 0) is 11.8 Å². The molecule has 2 unspecified atom stereocenters. The summed E-state index contributed by atoms with van der Waals surface area (Å²) >= 11 is 0. The highest BCUT2D eigenvalue weighted by atomic mass is 19.4. The molecule has 0 radical (unpaired) electrons. The Labute approximate surface area is 145 Å². The molecule has 2 aromatic rings. The largest absolute Gasteiger partial charge is 0.409 e. The van der Waals surface area contributed by atoms with Gasteiger partial charge in [0.1, 0.15) is 6.04 Å². The van der Waals surface area contributed by atoms with Crippen LogP contribution in [0.2, 0.25) is 0 Å². The Bertz CT molecular complexity index is 738. The van der Waals surface area contributed by atoms with Crippen LogP contribution in [0.1, 0.15) is 36.7 Å². The van der Waals surface area contributed by atoms with Gasteiger partial charge < -0.3 is 10.6 Å². The highest BCUT2D eigenvalue weighted by Gasteiger charge is 2.41. The van der Waals surface area contributed by atoms with Gasteiger partial charge in [-0.25, -0.2) is 0 Å². The monoisotopic (exact) mass is 349 g/mol. The maximum absolute atomic E-state index is 13.0. The van der Waals surface area contributed by atoms with Crippen LogP contribution in [0.5, 0.6) is 0 Å². The van der Waals surface area contributed by atoms with Crippen molar-refractivity contribution in [2.45, 2.75) is 43.9 Å². The molecule has 0 amide bonds. The maximum atomic E-state index is 13.0. The first-order valence-corrected chi connectivity index (χ1v) is 8.28. The molecule has 1 aliphatic carbocycles. The molecule has 1 aliphatic rings. The zero-order chi connectivity index (χ0) is 18.2. The summed E-state index contributed by atoms with van der Waals surface area (Å²) in [4.78, 5) is 4.01. The van der Waals surface area contributed by atoms with E-state index in [4.69, 9.17) is 0 Å². The van der Waals surface area contributed by atoms with E-state index in [0.717, 1.165) is 12.1 Å². The number of pyridine rings is 1. The Balaban J connectivity index is 1.77. The molecule has 1 heterocycles. The van der Waals surface area contributed by atoms with Crippen LogP contribution in [0.3, 0.4) is 0 Å². The van der Waals surface area contributed by atoms with Gasteiger partial charge in [-0.05, 0) is 36.7 Å². The molecular formula is C19H22F3N3. The molecule has 0 spiro atoms. The second-order valence-electron chi connectivity index (χ2n) is 7.01. The number of hydrogen-bond acceptors (Lipinski definition) is 3. The number of fused-ring (bicyclic) bond motifs is 1. The van der Waals surface area contributed by atoms with Crippen molar-refractivity contribution in [1.82, 2.24) is 10.3 Å². The van der Waals surface area contributed by atoms with Crippen molar-refractivity contribution in [3.05, 3.63) is 59.4 Å². The second-order valence-corrected chi connectivity index (χ2v) is 7.01. The van der Waals surface area contributed by atoms with Crippen molar-refractivity contribution >= 4 is 5.69 Å². The lowest BCUT2D eigenvalue weighted by Crippen LogP contribution is -2.36. The van der Waals surface area contributed by atoms with Crippen LogP contribution in [0.15, 0.2) is 42.6 Å². The maximum Gasteiger partial charge on any atom is 0.409 e. The van der Waals surface area contributed by atoms with E-state index in [1.807, 2.05) is 12.1 Å². The third kappa shape index (κ3) is 3.35. The number of halogens is 3. The topological polar surface area (TPSA) is 37.0 Å². The number of alkyl halides is 3. The Morgan fingerprint density at radius 1 is 1.16 bits per heavy atom. The summed E-state index contributed by atoms with van der Waals surface area (Å²) in [5.41, 5.74) is 3.25. The van der Waals surface area contributed by atoms with Gasteiger partial charge in [-0.15, -0.1) is 0 Å². The number of hydrogen-bond donors (Lipinski definition) is 2. The highest BCUT2D eigenvalue weighted by molar-refractivity contribution is 5.49. The summed E-state index contributed by atoms with van der Waals surface area (Å²) in [6.45, 7) is 4.36. The Hall–Kier alpha value is -2.08. The molecule has 0 fully saturated rings. The smallest absolute Gasteiger partial charge is 0.380 e. The van der Waals surface area contributed by atoms with Gasteiger partial charge in [-0.2, -0.15) is 13.2 Å². The summed E-state index contributed by atoms with van der Waals surface area (Å²) in [6.07, 6.45) is -2.01. The minimum absolute atomic E-state index is 0.0329. The number of rotatable bonds is 4. The zero-order valence-corrected chi connectivity index (χ0v) is 14.5. The molecule has 0 bridgehead atoms. The molecule has 3 rings (SSSR count). The molecule has 6 heteroatoms. The fraction of sp³-hybridized carbons (Fsp3) is 0.421. The molecule has 134 valence electrons. The predicted octanol–water partition coefficient (Wildman–Crippen LogP) is 4.22. The Kier molecular flexibility index (Phi) is 4.49. The van der Waals surface area contributed by atoms with Gasteiger partial charge in [0.15, 0.2) is 0 Å². The third-order valence-corrected chi connectivity index (χ3v) is 5.05. The van der Waals surface area contributed by atoms with Gasteiger partial charge in [-0.1, -0.05) is 38.1 Å². The quantitative estimate of drug-likeness (QED) is 0.868. The minimum Gasteiger partial charge on any atom is -0.380 e. The second kappa shape index (κ2) is 6.33. The molecule has 1 aromatic carbocycles. The fourth-order valence-corrected chi connectivity index (χ4v) is 3.56. The number of nitrogens with zero attached hydrogens (tertiary/aromatic N) is 1. The number of aromatic nitrogens is 1. The van der Waals surface area contributed by atoms with Gasteiger partial charge in [-0.3, -0.25) is 4.98 Å². The molecule has 0 saturated heterocycles. The molecule has 0 aliphatic heterocycles. The molecular weight excluding hydrogens is 327 g/mol. The molecule has 3 nitrogen and oxygen atoms in total. The number of benzene rings is 1. The van der Waals surface area contributed by atoms with Crippen molar-refractivity contribution in [3.8, 4) is 0 Å². The average Bonchev–Trinajstić information content (AvgIpc) is 2.80. The van der Waals surface area contributed by atoms with Gasteiger partial charge in [0.05, 0.1) is 17.6 Å². The average molecular weight is 349 g/mol. The van der Waals surface area contributed by atoms with Gasteiger partial charge in [0.2, 0.25) is 0 Å². The van der Waals surface area contributed by atoms with E-state index in [9.17, 15) is 13.2 Å². The van der Waals surface area contributed by atoms with Crippen LogP contribution in [0, 0.1) is 0 Å². The molecule has 25 heavy (non-hydrogen) atoms. The van der Waals surface area contributed by atoms with E-state index < -0.39 is 12.2 Å². The van der Waals surface area contributed by atoms with Crippen LogP contribution in [-0.4, -0.2) is 24.2 Å². The normalized spacial score (nSPS) is 20.2. The van der Waals surface area contributed by atoms with Crippen molar-refractivity contribution < 1.29 is 13.2 Å². The lowest BCUT2D eigenvalue weighted by molar-refractivity contribution is -0.157. The van der Waals surface area contributed by atoms with Crippen LogP contribution in [0.4, 0.5) is 18.9 Å². The van der Waals surface area contributed by atoms with Gasteiger partial charge in [0.25, 0.3) is 0 Å². The molecule has 2 N–H and O–H groups in total. The standard InChI is InChI=1S/C19H22F3N3/c1-18(2)14-7-5-4-6-12(14)10-16(18)25-13-8-9-15(24-11-13)17(23-3)19(20,21)22/h4-9,11,16-17,23,25H,10H2,1-3H3. The van der Waals surface area contributed by atoms with E-state index in [-0.39, 0.29) is 17.2 Å². The SMILES string of the molecule is CNC(c1ccc(NC2Cc3ccccc3C2(C)C)cn1)C(F)(F)F. The lowest BCUT2D eigenvalue weighted by Gasteiger charge is -2.30. The van der Waals surface area contributed by atoms with E-state index in [1.54, 1.807) is 6.07 Å². The van der Waals surface area contributed by atoms with E-state index in [1.165, 1.54) is 30.4 Å². The third-order valence-electron chi connectivity index (χ3n) is 5.05. The molecule has 1 aromatic heterocycles. The van der Waals surface area contributed by atoms with Crippen LogP contribution in [0.25, 0.3) is 0 Å². The predicted molar refractivity (Wildman–Crippen MR) is 92.7 cm³/mol. The van der Waals surface area contributed by atoms with Crippen molar-refractivity contribution in [1.29, 1.82) is 0 Å². The summed E-state index contributed by atoms with van der Waals surface area (Å²) in [7, 11) is 1.28. The van der Waals surface area contributed by atoms with Gasteiger partial charge >= 0.3 is 6.18 Å². The fourth-order valence-electron chi connectivity index (χ4n) is 3.56. The molecule has 2 atom stereocenters. The van der Waals surface area contributed by atoms with Crippen molar-refractivity contribution in [2.75, 3.05) is 12.4 Å². The summed E-state index contributed by atoms with van der Waals surface area (Å²) < 4.78 is 38.9. The van der Waals surface area contributed by atoms with Crippen LogP contribution >= 0.6 is 0 Å². The first-order chi connectivity index (χ1) is 11.7. The van der Waals surface area contributed by atoms with E-state index in [0.29, 0.717) is 0 Å². The van der Waals surface area contributed by atoms with Gasteiger partial charge in [0, 0.05) is 11.5 Å². The Morgan fingerprint density at radius 2 is 1.88 bits per heavy atom.